The molecule has 0 aromatic carbocycles. The molecule has 352 valence electrons. The standard InChI is InChI=1S/C51H90NO8P/c1-3-5-7-9-11-13-15-17-19-21-22-23-24-25-26-28-30-32-34-36-38-40-42-44-51(55)58-47-49(53)48-60-61(56,57)59-46-45-52-50(54)43-41-39-37-35-33-31-29-27-20-18-16-14-12-10-8-6-4-2/h11-14,17-20,29,31,35,37,49,53H,3-10,15-16,21-28,30,32-34,36,38-48H2,1-2H3,(H,52,54)(H,56,57)/b13-11-,14-12-,19-17-,20-18-,31-29-,37-35-. The van der Waals surface area contributed by atoms with E-state index in [2.05, 4.69) is 92.1 Å². The molecule has 2 unspecified atom stereocenters. The van der Waals surface area contributed by atoms with E-state index in [0.29, 0.717) is 12.8 Å². The normalized spacial score (nSPS) is 13.8. The topological polar surface area (TPSA) is 131 Å². The molecule has 0 aromatic heterocycles. The van der Waals surface area contributed by atoms with Crippen molar-refractivity contribution in [1.82, 2.24) is 5.32 Å². The first-order valence-electron chi connectivity index (χ1n) is 24.4. The molecule has 0 rings (SSSR count). The molecule has 0 heterocycles. The number of phosphoric acid groups is 1. The number of aliphatic hydroxyl groups is 1. The molecular weight excluding hydrogens is 786 g/mol. The number of amides is 1. The molecule has 9 nitrogen and oxygen atoms in total. The summed E-state index contributed by atoms with van der Waals surface area (Å²) < 4.78 is 26.9. The van der Waals surface area contributed by atoms with Crippen LogP contribution in [0.1, 0.15) is 206 Å². The Bertz CT molecular complexity index is 1230. The second-order valence-electron chi connectivity index (χ2n) is 16.1. The van der Waals surface area contributed by atoms with Crippen molar-refractivity contribution in [3.63, 3.8) is 0 Å². The summed E-state index contributed by atoms with van der Waals surface area (Å²) in [5.74, 6) is -0.575. The molecule has 0 bridgehead atoms. The van der Waals surface area contributed by atoms with Crippen molar-refractivity contribution in [1.29, 1.82) is 0 Å². The van der Waals surface area contributed by atoms with E-state index in [-0.39, 0.29) is 32.1 Å². The van der Waals surface area contributed by atoms with Gasteiger partial charge in [0.05, 0.1) is 13.2 Å². The van der Waals surface area contributed by atoms with Gasteiger partial charge in [-0.1, -0.05) is 183 Å². The number of esters is 1. The summed E-state index contributed by atoms with van der Waals surface area (Å²) >= 11 is 0. The average Bonchev–Trinajstić information content (AvgIpc) is 3.25. The number of hydrogen-bond acceptors (Lipinski definition) is 7. The molecule has 10 heteroatoms. The lowest BCUT2D eigenvalue weighted by atomic mass is 10.0. The number of allylic oxidation sites excluding steroid dienone is 12. The molecule has 1 amide bonds. The third-order valence-corrected chi connectivity index (χ3v) is 11.1. The van der Waals surface area contributed by atoms with Gasteiger partial charge in [-0.05, 0) is 83.5 Å². The van der Waals surface area contributed by atoms with E-state index < -0.39 is 26.5 Å². The van der Waals surface area contributed by atoms with Crippen LogP contribution < -0.4 is 5.32 Å². The van der Waals surface area contributed by atoms with Gasteiger partial charge < -0.3 is 20.1 Å². The van der Waals surface area contributed by atoms with Crippen molar-refractivity contribution in [2.24, 2.45) is 0 Å². The third-order valence-electron chi connectivity index (χ3n) is 10.1. The van der Waals surface area contributed by atoms with Crippen LogP contribution in [0, 0.1) is 0 Å². The van der Waals surface area contributed by atoms with Gasteiger partial charge in [0, 0.05) is 19.4 Å². The first-order chi connectivity index (χ1) is 29.8. The summed E-state index contributed by atoms with van der Waals surface area (Å²) in [6.07, 6.45) is 58.4. The number of carbonyl (C=O) groups is 2. The van der Waals surface area contributed by atoms with Crippen molar-refractivity contribution in [3.8, 4) is 0 Å². The lowest BCUT2D eigenvalue weighted by Crippen LogP contribution is -2.27. The van der Waals surface area contributed by atoms with Gasteiger partial charge in [-0.3, -0.25) is 18.6 Å². The minimum atomic E-state index is -4.44. The zero-order chi connectivity index (χ0) is 44.6. The zero-order valence-electron chi connectivity index (χ0n) is 38.8. The van der Waals surface area contributed by atoms with E-state index >= 15 is 0 Å². The molecule has 61 heavy (non-hydrogen) atoms. The van der Waals surface area contributed by atoms with Crippen LogP contribution in [0.5, 0.6) is 0 Å². The minimum absolute atomic E-state index is 0.0498. The molecule has 0 aromatic rings. The molecular formula is C51H90NO8P. The lowest BCUT2D eigenvalue weighted by molar-refractivity contribution is -0.147. The molecule has 0 spiro atoms. The molecule has 2 atom stereocenters. The summed E-state index contributed by atoms with van der Waals surface area (Å²) in [5.41, 5.74) is 0. The monoisotopic (exact) mass is 876 g/mol. The maximum atomic E-state index is 12.1. The molecule has 0 fully saturated rings. The molecule has 0 saturated heterocycles. The van der Waals surface area contributed by atoms with Gasteiger partial charge in [-0.15, -0.1) is 0 Å². The smallest absolute Gasteiger partial charge is 0.463 e. The Morgan fingerprint density at radius 2 is 0.902 bits per heavy atom. The van der Waals surface area contributed by atoms with Gasteiger partial charge in [-0.25, -0.2) is 4.57 Å². The fraction of sp³-hybridized carbons (Fsp3) is 0.725. The number of phosphoric ester groups is 1. The summed E-state index contributed by atoms with van der Waals surface area (Å²) in [4.78, 5) is 34.0. The minimum Gasteiger partial charge on any atom is -0.463 e. The quantitative estimate of drug-likeness (QED) is 0.0239. The van der Waals surface area contributed by atoms with E-state index in [9.17, 15) is 24.2 Å². The Morgan fingerprint density at radius 3 is 1.36 bits per heavy atom. The number of ether oxygens (including phenoxy) is 1. The number of carbonyl (C=O) groups excluding carboxylic acids is 2. The third kappa shape index (κ3) is 48.3. The van der Waals surface area contributed by atoms with E-state index in [1.54, 1.807) is 0 Å². The van der Waals surface area contributed by atoms with Crippen LogP contribution in [-0.2, 0) is 27.9 Å². The van der Waals surface area contributed by atoms with Crippen LogP contribution in [0.4, 0.5) is 0 Å². The summed E-state index contributed by atoms with van der Waals surface area (Å²) in [6.45, 7) is 3.44. The van der Waals surface area contributed by atoms with Gasteiger partial charge in [0.25, 0.3) is 0 Å². The van der Waals surface area contributed by atoms with Crippen molar-refractivity contribution in [2.75, 3.05) is 26.4 Å². The Kier molecular flexibility index (Phi) is 45.0. The number of aliphatic hydroxyl groups excluding tert-OH is 1. The highest BCUT2D eigenvalue weighted by atomic mass is 31.2. The van der Waals surface area contributed by atoms with E-state index in [1.165, 1.54) is 122 Å². The number of unbranched alkanes of at least 4 members (excludes halogenated alkanes) is 20. The van der Waals surface area contributed by atoms with Crippen molar-refractivity contribution in [2.45, 2.75) is 213 Å². The molecule has 0 aliphatic rings. The Morgan fingerprint density at radius 1 is 0.508 bits per heavy atom. The van der Waals surface area contributed by atoms with Crippen LogP contribution >= 0.6 is 7.82 Å². The number of rotatable bonds is 45. The predicted octanol–water partition coefficient (Wildman–Crippen LogP) is 14.2. The van der Waals surface area contributed by atoms with Crippen LogP contribution in [0.15, 0.2) is 72.9 Å². The van der Waals surface area contributed by atoms with E-state index in [4.69, 9.17) is 13.8 Å². The lowest BCUT2D eigenvalue weighted by Gasteiger charge is -2.15. The maximum Gasteiger partial charge on any atom is 0.472 e. The maximum absolute atomic E-state index is 12.1. The van der Waals surface area contributed by atoms with Gasteiger partial charge in [0.15, 0.2) is 0 Å². The van der Waals surface area contributed by atoms with Crippen molar-refractivity contribution >= 4 is 19.7 Å². The van der Waals surface area contributed by atoms with Crippen molar-refractivity contribution in [3.05, 3.63) is 72.9 Å². The Balaban J connectivity index is 3.63. The summed E-state index contributed by atoms with van der Waals surface area (Å²) in [6, 6.07) is 0. The Hall–Kier alpha value is -2.55. The fourth-order valence-corrected chi connectivity index (χ4v) is 7.16. The number of hydrogen-bond donors (Lipinski definition) is 3. The average molecular weight is 876 g/mol. The van der Waals surface area contributed by atoms with Gasteiger partial charge in [0.2, 0.25) is 5.91 Å². The highest BCUT2D eigenvalue weighted by Gasteiger charge is 2.23. The van der Waals surface area contributed by atoms with Crippen LogP contribution in [-0.4, -0.2) is 54.3 Å². The highest BCUT2D eigenvalue weighted by Crippen LogP contribution is 2.42. The summed E-state index contributed by atoms with van der Waals surface area (Å²) in [7, 11) is -4.44. The van der Waals surface area contributed by atoms with Gasteiger partial charge in [-0.2, -0.15) is 0 Å². The van der Waals surface area contributed by atoms with E-state index in [0.717, 1.165) is 51.4 Å². The fourth-order valence-electron chi connectivity index (χ4n) is 6.40. The second-order valence-corrected chi connectivity index (χ2v) is 17.5. The molecule has 0 aliphatic carbocycles. The zero-order valence-corrected chi connectivity index (χ0v) is 39.7. The SMILES string of the molecule is CCCCC/C=C\C/C=C\C/C=C\C/C=C\CCCC(=O)NCCOP(=O)(O)OCC(O)COC(=O)CCCCCCCCCCCCCCC/C=C\C/C=C\CCCCC. The predicted molar refractivity (Wildman–Crippen MR) is 256 cm³/mol. The first-order valence-corrected chi connectivity index (χ1v) is 25.9. The van der Waals surface area contributed by atoms with Crippen LogP contribution in [0.25, 0.3) is 0 Å². The van der Waals surface area contributed by atoms with Crippen LogP contribution in [0.2, 0.25) is 0 Å². The van der Waals surface area contributed by atoms with E-state index in [1.807, 2.05) is 0 Å². The summed E-state index contributed by atoms with van der Waals surface area (Å²) in [5, 5.41) is 12.7. The van der Waals surface area contributed by atoms with Gasteiger partial charge in [0.1, 0.15) is 12.7 Å². The molecule has 0 saturated carbocycles. The molecule has 3 N–H and O–H groups in total. The number of nitrogens with one attached hydrogen (secondary N) is 1. The largest absolute Gasteiger partial charge is 0.472 e. The van der Waals surface area contributed by atoms with Crippen molar-refractivity contribution < 1.29 is 37.9 Å². The molecule has 0 radical (unpaired) electrons. The van der Waals surface area contributed by atoms with Crippen LogP contribution in [0.3, 0.4) is 0 Å². The highest BCUT2D eigenvalue weighted by molar-refractivity contribution is 7.47. The Labute approximate surface area is 373 Å². The second kappa shape index (κ2) is 46.9. The first kappa shape index (κ1) is 58.5. The van der Waals surface area contributed by atoms with Gasteiger partial charge >= 0.3 is 13.8 Å². The molecule has 0 aliphatic heterocycles.